The zero-order valence-corrected chi connectivity index (χ0v) is 8.77. The minimum atomic E-state index is 0.858. The molecule has 0 saturated heterocycles. The van der Waals surface area contributed by atoms with E-state index in [9.17, 15) is 0 Å². The normalized spacial score (nSPS) is 11.3. The van der Waals surface area contributed by atoms with Gasteiger partial charge in [0.1, 0.15) is 0 Å². The summed E-state index contributed by atoms with van der Waals surface area (Å²) < 4.78 is 0. The molecule has 0 aliphatic carbocycles. The molecule has 0 unspecified atom stereocenters. The maximum atomic E-state index is 3.28. The van der Waals surface area contributed by atoms with Crippen LogP contribution in [0.4, 0.5) is 0 Å². The first kappa shape index (κ1) is 11.5. The van der Waals surface area contributed by atoms with Crippen LogP contribution in [0.2, 0.25) is 0 Å². The van der Waals surface area contributed by atoms with E-state index in [0.29, 0.717) is 0 Å². The lowest BCUT2D eigenvalue weighted by Gasteiger charge is -2.03. The third-order valence-electron chi connectivity index (χ3n) is 1.82. The fourth-order valence-electron chi connectivity index (χ4n) is 1.06. The molecule has 0 fully saturated rings. The zero-order chi connectivity index (χ0) is 9.23. The molecule has 0 rings (SSSR count). The van der Waals surface area contributed by atoms with Crippen molar-refractivity contribution >= 4 is 0 Å². The van der Waals surface area contributed by atoms with Gasteiger partial charge in [-0.25, -0.2) is 0 Å². The van der Waals surface area contributed by atoms with Crippen LogP contribution in [-0.4, -0.2) is 6.54 Å². The van der Waals surface area contributed by atoms with Gasteiger partial charge in [-0.3, -0.25) is 0 Å². The molecular formula is C11H23N. The number of rotatable bonds is 7. The van der Waals surface area contributed by atoms with Crippen LogP contribution < -0.4 is 5.32 Å². The number of hydrogen-bond donors (Lipinski definition) is 1. The molecule has 0 aromatic rings. The molecule has 1 heteroatoms. The van der Waals surface area contributed by atoms with Crippen LogP contribution >= 0.6 is 0 Å². The van der Waals surface area contributed by atoms with Crippen LogP contribution in [0.25, 0.3) is 0 Å². The summed E-state index contributed by atoms with van der Waals surface area (Å²) in [7, 11) is 0. The van der Waals surface area contributed by atoms with Crippen LogP contribution in [-0.2, 0) is 0 Å². The molecule has 72 valence electrons. The van der Waals surface area contributed by atoms with Crippen LogP contribution in [0.1, 0.15) is 46.5 Å². The van der Waals surface area contributed by atoms with Crippen LogP contribution in [0.3, 0.4) is 0 Å². The number of hydrogen-bond acceptors (Lipinski definition) is 1. The predicted octanol–water partition coefficient (Wildman–Crippen LogP) is 3.33. The number of nitrogens with one attached hydrogen (secondary N) is 1. The Labute approximate surface area is 77.2 Å². The largest absolute Gasteiger partial charge is 0.391 e. The van der Waals surface area contributed by atoms with Gasteiger partial charge < -0.3 is 5.32 Å². The van der Waals surface area contributed by atoms with E-state index in [0.717, 1.165) is 18.9 Å². The summed E-state index contributed by atoms with van der Waals surface area (Å²) in [5.74, 6) is 0.858. The minimum absolute atomic E-state index is 0.858. The monoisotopic (exact) mass is 169 g/mol. The van der Waals surface area contributed by atoms with Crippen molar-refractivity contribution in [3.8, 4) is 0 Å². The predicted molar refractivity (Wildman–Crippen MR) is 56.1 cm³/mol. The summed E-state index contributed by atoms with van der Waals surface area (Å²) in [5, 5.41) is 3.28. The molecule has 1 nitrogen and oxygen atoms in total. The van der Waals surface area contributed by atoms with Gasteiger partial charge in [0.05, 0.1) is 0 Å². The highest BCUT2D eigenvalue weighted by Crippen LogP contribution is 2.04. The molecule has 12 heavy (non-hydrogen) atoms. The second-order valence-electron chi connectivity index (χ2n) is 3.65. The van der Waals surface area contributed by atoms with Crippen LogP contribution in [0.15, 0.2) is 12.3 Å². The quantitative estimate of drug-likeness (QED) is 0.576. The van der Waals surface area contributed by atoms with E-state index in [1.807, 2.05) is 0 Å². The Kier molecular flexibility index (Phi) is 8.30. The van der Waals surface area contributed by atoms with Crippen molar-refractivity contribution < 1.29 is 0 Å². The van der Waals surface area contributed by atoms with Gasteiger partial charge in [0.2, 0.25) is 0 Å². The van der Waals surface area contributed by atoms with Crippen molar-refractivity contribution in [3.63, 3.8) is 0 Å². The molecular weight excluding hydrogens is 146 g/mol. The fourth-order valence-corrected chi connectivity index (χ4v) is 1.06. The smallest absolute Gasteiger partial charge is 0.0141 e. The topological polar surface area (TPSA) is 12.0 Å². The van der Waals surface area contributed by atoms with Gasteiger partial charge in [-0.15, -0.1) is 0 Å². The summed E-state index contributed by atoms with van der Waals surface area (Å²) in [5.41, 5.74) is 0. The average molecular weight is 169 g/mol. The highest BCUT2D eigenvalue weighted by molar-refractivity contribution is 4.77. The summed E-state index contributed by atoms with van der Waals surface area (Å²) >= 11 is 0. The second-order valence-corrected chi connectivity index (χ2v) is 3.65. The van der Waals surface area contributed by atoms with E-state index in [1.54, 1.807) is 0 Å². The molecule has 0 bridgehead atoms. The fraction of sp³-hybridized carbons (Fsp3) is 0.818. The molecule has 0 saturated carbocycles. The molecule has 0 amide bonds. The molecule has 0 aliphatic heterocycles. The molecule has 0 spiro atoms. The molecule has 0 atom stereocenters. The van der Waals surface area contributed by atoms with Crippen molar-refractivity contribution in [1.82, 2.24) is 5.32 Å². The molecule has 0 aliphatic rings. The third kappa shape index (κ3) is 9.54. The molecule has 1 N–H and O–H groups in total. The van der Waals surface area contributed by atoms with Crippen molar-refractivity contribution in [2.45, 2.75) is 46.5 Å². The van der Waals surface area contributed by atoms with Gasteiger partial charge in [-0.2, -0.15) is 0 Å². The maximum Gasteiger partial charge on any atom is 0.0141 e. The van der Waals surface area contributed by atoms with Gasteiger partial charge in [0, 0.05) is 6.54 Å². The van der Waals surface area contributed by atoms with Gasteiger partial charge in [-0.1, -0.05) is 39.7 Å². The first-order valence-corrected chi connectivity index (χ1v) is 5.15. The lowest BCUT2D eigenvalue weighted by Crippen LogP contribution is -2.06. The highest BCUT2D eigenvalue weighted by Gasteiger charge is 1.92. The van der Waals surface area contributed by atoms with E-state index in [-0.39, 0.29) is 0 Å². The summed E-state index contributed by atoms with van der Waals surface area (Å²) in [4.78, 5) is 0. The van der Waals surface area contributed by atoms with Crippen LogP contribution in [0, 0.1) is 5.92 Å². The van der Waals surface area contributed by atoms with Gasteiger partial charge in [0.15, 0.2) is 0 Å². The summed E-state index contributed by atoms with van der Waals surface area (Å²) in [6.07, 6.45) is 9.35. The molecule has 0 aromatic heterocycles. The Balaban J connectivity index is 2.96. The molecule has 0 radical (unpaired) electrons. The zero-order valence-electron chi connectivity index (χ0n) is 8.77. The minimum Gasteiger partial charge on any atom is -0.391 e. The van der Waals surface area contributed by atoms with Gasteiger partial charge in [0.25, 0.3) is 0 Å². The third-order valence-corrected chi connectivity index (χ3v) is 1.82. The van der Waals surface area contributed by atoms with E-state index in [1.165, 1.54) is 19.3 Å². The van der Waals surface area contributed by atoms with E-state index in [2.05, 4.69) is 38.4 Å². The number of allylic oxidation sites excluding steroid dienone is 1. The van der Waals surface area contributed by atoms with E-state index in [4.69, 9.17) is 0 Å². The Morgan fingerprint density at radius 3 is 2.58 bits per heavy atom. The first-order valence-electron chi connectivity index (χ1n) is 5.15. The van der Waals surface area contributed by atoms with Crippen molar-refractivity contribution in [2.75, 3.05) is 6.54 Å². The highest BCUT2D eigenvalue weighted by atomic mass is 14.8. The molecule has 0 aromatic carbocycles. The van der Waals surface area contributed by atoms with E-state index >= 15 is 0 Å². The molecule has 0 heterocycles. The summed E-state index contributed by atoms with van der Waals surface area (Å²) in [6.45, 7) is 7.84. The van der Waals surface area contributed by atoms with Crippen molar-refractivity contribution in [3.05, 3.63) is 12.3 Å². The average Bonchev–Trinajstić information content (AvgIpc) is 2.02. The Hall–Kier alpha value is -0.460. The number of unbranched alkanes of at least 4 members (excludes halogenated alkanes) is 1. The summed E-state index contributed by atoms with van der Waals surface area (Å²) in [6, 6.07) is 0. The Morgan fingerprint density at radius 2 is 2.00 bits per heavy atom. The van der Waals surface area contributed by atoms with Gasteiger partial charge >= 0.3 is 0 Å². The Morgan fingerprint density at radius 1 is 1.25 bits per heavy atom. The van der Waals surface area contributed by atoms with E-state index < -0.39 is 0 Å². The second kappa shape index (κ2) is 8.63. The van der Waals surface area contributed by atoms with Crippen LogP contribution in [0.5, 0.6) is 0 Å². The lowest BCUT2D eigenvalue weighted by atomic mass is 10.1. The SMILES string of the molecule is CC/C=C\NCCCCC(C)C. The lowest BCUT2D eigenvalue weighted by molar-refractivity contribution is 0.533. The standard InChI is InChI=1S/C11H23N/c1-4-5-9-12-10-7-6-8-11(2)3/h5,9,11-12H,4,6-8,10H2,1-3H3/b9-5-. The van der Waals surface area contributed by atoms with Gasteiger partial charge in [-0.05, 0) is 25.0 Å². The van der Waals surface area contributed by atoms with Crippen molar-refractivity contribution in [2.24, 2.45) is 5.92 Å². The Bertz CT molecular complexity index is 106. The maximum absolute atomic E-state index is 3.28. The van der Waals surface area contributed by atoms with Crippen molar-refractivity contribution in [1.29, 1.82) is 0 Å². The first-order chi connectivity index (χ1) is 5.77.